The first-order valence-corrected chi connectivity index (χ1v) is 8.21. The largest absolute Gasteiger partial charge is 0.0882 e. The van der Waals surface area contributed by atoms with E-state index in [0.29, 0.717) is 0 Å². The standard InChI is InChI=1S/C18H34/c1-3-5-7-9-11-13-15-17-18-16-14-12-10-8-6-4-2/h11,13,17-18H,3-10,12,14-16H2,1-2H3/b13-11-,18-17-. The van der Waals surface area contributed by atoms with Crippen LogP contribution in [0.4, 0.5) is 0 Å². The molecule has 0 spiro atoms. The zero-order valence-electron chi connectivity index (χ0n) is 12.8. The predicted octanol–water partition coefficient (Wildman–Crippen LogP) is 6.82. The first-order chi connectivity index (χ1) is 8.91. The smallest absolute Gasteiger partial charge is 0.0169 e. The van der Waals surface area contributed by atoms with Gasteiger partial charge in [-0.2, -0.15) is 0 Å². The van der Waals surface area contributed by atoms with Crippen molar-refractivity contribution >= 4 is 0 Å². The van der Waals surface area contributed by atoms with Crippen molar-refractivity contribution in [2.75, 3.05) is 0 Å². The second-order valence-corrected chi connectivity index (χ2v) is 5.23. The van der Waals surface area contributed by atoms with Gasteiger partial charge in [-0.3, -0.25) is 0 Å². The Morgan fingerprint density at radius 2 is 0.944 bits per heavy atom. The summed E-state index contributed by atoms with van der Waals surface area (Å²) in [5.41, 5.74) is 0. The van der Waals surface area contributed by atoms with Crippen LogP contribution in [0.1, 0.15) is 90.9 Å². The number of unbranched alkanes of at least 4 members (excludes halogenated alkanes) is 9. The lowest BCUT2D eigenvalue weighted by Gasteiger charge is -1.97. The quantitative estimate of drug-likeness (QED) is 0.248. The van der Waals surface area contributed by atoms with Crippen molar-refractivity contribution in [2.45, 2.75) is 90.9 Å². The number of rotatable bonds is 13. The Balaban J connectivity index is 3.13. The zero-order chi connectivity index (χ0) is 13.3. The summed E-state index contributed by atoms with van der Waals surface area (Å²) in [6.07, 6.45) is 25.5. The zero-order valence-corrected chi connectivity index (χ0v) is 12.8. The third-order valence-electron chi connectivity index (χ3n) is 3.30. The first-order valence-electron chi connectivity index (χ1n) is 8.21. The highest BCUT2D eigenvalue weighted by molar-refractivity contribution is 4.92. The molecule has 0 aromatic carbocycles. The monoisotopic (exact) mass is 250 g/mol. The summed E-state index contributed by atoms with van der Waals surface area (Å²) in [4.78, 5) is 0. The molecule has 0 aromatic heterocycles. The molecule has 0 heterocycles. The van der Waals surface area contributed by atoms with Gasteiger partial charge in [0, 0.05) is 0 Å². The van der Waals surface area contributed by atoms with Gasteiger partial charge in [0.1, 0.15) is 0 Å². The Labute approximate surface area is 116 Å². The molecule has 0 radical (unpaired) electrons. The molecule has 0 nitrogen and oxygen atoms in total. The lowest BCUT2D eigenvalue weighted by Crippen LogP contribution is -1.77. The van der Waals surface area contributed by atoms with Crippen LogP contribution in [0.3, 0.4) is 0 Å². The van der Waals surface area contributed by atoms with E-state index in [1.54, 1.807) is 0 Å². The molecule has 0 fully saturated rings. The number of hydrogen-bond acceptors (Lipinski definition) is 0. The Kier molecular flexibility index (Phi) is 16.0. The highest BCUT2D eigenvalue weighted by Crippen LogP contribution is 2.07. The predicted molar refractivity (Wildman–Crippen MR) is 85.0 cm³/mol. The van der Waals surface area contributed by atoms with Gasteiger partial charge < -0.3 is 0 Å². The summed E-state index contributed by atoms with van der Waals surface area (Å²) < 4.78 is 0. The Morgan fingerprint density at radius 1 is 0.500 bits per heavy atom. The van der Waals surface area contributed by atoms with Crippen molar-refractivity contribution in [1.82, 2.24) is 0 Å². The molecular weight excluding hydrogens is 216 g/mol. The van der Waals surface area contributed by atoms with E-state index in [1.807, 2.05) is 0 Å². The Bertz CT molecular complexity index is 188. The van der Waals surface area contributed by atoms with Gasteiger partial charge in [0.25, 0.3) is 0 Å². The van der Waals surface area contributed by atoms with Gasteiger partial charge in [-0.25, -0.2) is 0 Å². The van der Waals surface area contributed by atoms with Crippen LogP contribution in [0.5, 0.6) is 0 Å². The maximum absolute atomic E-state index is 2.36. The Morgan fingerprint density at radius 3 is 1.56 bits per heavy atom. The van der Waals surface area contributed by atoms with E-state index in [2.05, 4.69) is 38.2 Å². The van der Waals surface area contributed by atoms with E-state index in [0.717, 1.165) is 6.42 Å². The molecule has 0 heteroatoms. The summed E-state index contributed by atoms with van der Waals surface area (Å²) in [5.74, 6) is 0. The first kappa shape index (κ1) is 17.5. The summed E-state index contributed by atoms with van der Waals surface area (Å²) in [5, 5.41) is 0. The molecule has 0 N–H and O–H groups in total. The molecule has 0 aliphatic carbocycles. The third kappa shape index (κ3) is 15.5. The molecule has 0 aromatic rings. The van der Waals surface area contributed by atoms with E-state index in [1.165, 1.54) is 70.6 Å². The normalized spacial score (nSPS) is 11.9. The number of hydrogen-bond donors (Lipinski definition) is 0. The maximum atomic E-state index is 2.36. The van der Waals surface area contributed by atoms with Crippen LogP contribution < -0.4 is 0 Å². The van der Waals surface area contributed by atoms with Crippen LogP contribution in [-0.4, -0.2) is 0 Å². The molecule has 0 saturated heterocycles. The van der Waals surface area contributed by atoms with Crippen LogP contribution in [0, 0.1) is 0 Å². The van der Waals surface area contributed by atoms with Crippen molar-refractivity contribution in [3.63, 3.8) is 0 Å². The van der Waals surface area contributed by atoms with Crippen LogP contribution in [0.2, 0.25) is 0 Å². The van der Waals surface area contributed by atoms with Gasteiger partial charge >= 0.3 is 0 Å². The summed E-state index contributed by atoms with van der Waals surface area (Å²) in [6, 6.07) is 0. The van der Waals surface area contributed by atoms with Gasteiger partial charge in [0.05, 0.1) is 0 Å². The van der Waals surface area contributed by atoms with E-state index in [-0.39, 0.29) is 0 Å². The minimum absolute atomic E-state index is 1.13. The van der Waals surface area contributed by atoms with Gasteiger partial charge in [-0.1, -0.05) is 83.1 Å². The van der Waals surface area contributed by atoms with E-state index >= 15 is 0 Å². The fourth-order valence-electron chi connectivity index (χ4n) is 2.06. The van der Waals surface area contributed by atoms with Gasteiger partial charge in [0.2, 0.25) is 0 Å². The van der Waals surface area contributed by atoms with Crippen LogP contribution in [-0.2, 0) is 0 Å². The summed E-state index contributed by atoms with van der Waals surface area (Å²) in [7, 11) is 0. The third-order valence-corrected chi connectivity index (χ3v) is 3.30. The van der Waals surface area contributed by atoms with Crippen LogP contribution >= 0.6 is 0 Å². The SMILES string of the molecule is CCCCC/C=C\C/C=C\CCCCCCCC. The second kappa shape index (κ2) is 16.5. The number of allylic oxidation sites excluding steroid dienone is 4. The minimum Gasteiger partial charge on any atom is -0.0882 e. The molecule has 0 bridgehead atoms. The van der Waals surface area contributed by atoms with Crippen molar-refractivity contribution in [3.8, 4) is 0 Å². The molecule has 0 amide bonds. The van der Waals surface area contributed by atoms with E-state index in [9.17, 15) is 0 Å². The summed E-state index contributed by atoms with van der Waals surface area (Å²) in [6.45, 7) is 4.53. The van der Waals surface area contributed by atoms with Gasteiger partial charge in [-0.05, 0) is 32.1 Å². The van der Waals surface area contributed by atoms with E-state index < -0.39 is 0 Å². The lowest BCUT2D eigenvalue weighted by atomic mass is 10.1. The minimum atomic E-state index is 1.13. The molecule has 0 aliphatic heterocycles. The molecule has 0 saturated carbocycles. The molecule has 0 unspecified atom stereocenters. The molecule has 0 aliphatic rings. The average Bonchev–Trinajstić information content (AvgIpc) is 2.39. The fourth-order valence-corrected chi connectivity index (χ4v) is 2.06. The molecule has 0 rings (SSSR count). The average molecular weight is 250 g/mol. The van der Waals surface area contributed by atoms with Crippen LogP contribution in [0.25, 0.3) is 0 Å². The molecular formula is C18H34. The molecule has 0 atom stereocenters. The Hall–Kier alpha value is -0.520. The van der Waals surface area contributed by atoms with Crippen molar-refractivity contribution < 1.29 is 0 Å². The summed E-state index contributed by atoms with van der Waals surface area (Å²) >= 11 is 0. The highest BCUT2D eigenvalue weighted by atomic mass is 13.9. The van der Waals surface area contributed by atoms with Crippen molar-refractivity contribution in [1.29, 1.82) is 0 Å². The van der Waals surface area contributed by atoms with Crippen LogP contribution in [0.15, 0.2) is 24.3 Å². The lowest BCUT2D eigenvalue weighted by molar-refractivity contribution is 0.611. The maximum Gasteiger partial charge on any atom is -0.0169 e. The topological polar surface area (TPSA) is 0 Å². The highest BCUT2D eigenvalue weighted by Gasteiger charge is 1.87. The van der Waals surface area contributed by atoms with Gasteiger partial charge in [0.15, 0.2) is 0 Å². The van der Waals surface area contributed by atoms with E-state index in [4.69, 9.17) is 0 Å². The molecule has 106 valence electrons. The van der Waals surface area contributed by atoms with Gasteiger partial charge in [-0.15, -0.1) is 0 Å². The van der Waals surface area contributed by atoms with Crippen molar-refractivity contribution in [3.05, 3.63) is 24.3 Å². The fraction of sp³-hybridized carbons (Fsp3) is 0.778. The van der Waals surface area contributed by atoms with Crippen molar-refractivity contribution in [2.24, 2.45) is 0 Å². The second-order valence-electron chi connectivity index (χ2n) is 5.23. The molecule has 18 heavy (non-hydrogen) atoms.